The Morgan fingerprint density at radius 1 is 1.71 bits per heavy atom. The van der Waals surface area contributed by atoms with E-state index in [4.69, 9.17) is 5.26 Å². The number of carbonyl (C=O) groups excluding carboxylic acids is 1. The minimum Gasteiger partial charge on any atom is -0.333 e. The van der Waals surface area contributed by atoms with Gasteiger partial charge in [-0.2, -0.15) is 5.26 Å². The molecule has 1 aliphatic heterocycles. The Labute approximate surface area is 106 Å². The second-order valence-corrected chi connectivity index (χ2v) is 5.38. The van der Waals surface area contributed by atoms with Gasteiger partial charge in [-0.1, -0.05) is 19.4 Å². The van der Waals surface area contributed by atoms with Gasteiger partial charge in [0.05, 0.1) is 18.0 Å². The predicted octanol–water partition coefficient (Wildman–Crippen LogP) is 2.96. The highest BCUT2D eigenvalue weighted by Crippen LogP contribution is 2.33. The lowest BCUT2D eigenvalue weighted by Crippen LogP contribution is -2.29. The predicted molar refractivity (Wildman–Crippen MR) is 67.4 cm³/mol. The number of amides is 1. The summed E-state index contributed by atoms with van der Waals surface area (Å²) in [5.74, 6) is 0.00483. The van der Waals surface area contributed by atoms with Crippen LogP contribution in [0.25, 0.3) is 0 Å². The number of carbonyl (C=O) groups is 1. The molecule has 2 atom stereocenters. The SMILES string of the molecule is CCCC(c1cccs1)N1CC(C#N)CC1=O. The van der Waals surface area contributed by atoms with Crippen molar-refractivity contribution in [3.8, 4) is 6.07 Å². The van der Waals surface area contributed by atoms with E-state index in [1.807, 2.05) is 16.3 Å². The summed E-state index contributed by atoms with van der Waals surface area (Å²) in [7, 11) is 0. The van der Waals surface area contributed by atoms with Crippen LogP contribution >= 0.6 is 11.3 Å². The topological polar surface area (TPSA) is 44.1 Å². The van der Waals surface area contributed by atoms with E-state index < -0.39 is 0 Å². The third kappa shape index (κ3) is 2.50. The van der Waals surface area contributed by atoms with Crippen molar-refractivity contribution in [2.75, 3.05) is 6.54 Å². The molecule has 1 saturated heterocycles. The van der Waals surface area contributed by atoms with Crippen molar-refractivity contribution in [1.29, 1.82) is 5.26 Å². The summed E-state index contributed by atoms with van der Waals surface area (Å²) >= 11 is 1.69. The summed E-state index contributed by atoms with van der Waals surface area (Å²) in [6.45, 7) is 2.72. The number of hydrogen-bond donors (Lipinski definition) is 0. The molecule has 2 unspecified atom stereocenters. The number of nitrogens with zero attached hydrogens (tertiary/aromatic N) is 2. The van der Waals surface area contributed by atoms with Crippen LogP contribution in [0.4, 0.5) is 0 Å². The van der Waals surface area contributed by atoms with Crippen LogP contribution in [-0.2, 0) is 4.79 Å². The molecule has 0 spiro atoms. The zero-order chi connectivity index (χ0) is 12.3. The monoisotopic (exact) mass is 248 g/mol. The maximum absolute atomic E-state index is 11.9. The average molecular weight is 248 g/mol. The number of rotatable bonds is 4. The summed E-state index contributed by atoms with van der Waals surface area (Å²) in [4.78, 5) is 15.1. The van der Waals surface area contributed by atoms with Crippen LogP contribution in [0.15, 0.2) is 17.5 Å². The Kier molecular flexibility index (Phi) is 3.80. The molecule has 0 saturated carbocycles. The van der Waals surface area contributed by atoms with Gasteiger partial charge in [-0.3, -0.25) is 4.79 Å². The smallest absolute Gasteiger partial charge is 0.224 e. The molecule has 0 N–H and O–H groups in total. The van der Waals surface area contributed by atoms with Crippen LogP contribution in [0.1, 0.15) is 37.1 Å². The molecule has 1 aliphatic rings. The van der Waals surface area contributed by atoms with Crippen LogP contribution in [0.3, 0.4) is 0 Å². The van der Waals surface area contributed by atoms with Gasteiger partial charge < -0.3 is 4.90 Å². The summed E-state index contributed by atoms with van der Waals surface area (Å²) in [5.41, 5.74) is 0. The van der Waals surface area contributed by atoms with E-state index in [9.17, 15) is 4.79 Å². The van der Waals surface area contributed by atoms with Gasteiger partial charge in [0.2, 0.25) is 5.91 Å². The maximum atomic E-state index is 11.9. The number of nitriles is 1. The first kappa shape index (κ1) is 12.1. The van der Waals surface area contributed by atoms with Gasteiger partial charge >= 0.3 is 0 Å². The Bertz CT molecular complexity index is 421. The molecule has 1 aromatic rings. The van der Waals surface area contributed by atoms with E-state index in [-0.39, 0.29) is 17.9 Å². The first-order valence-corrected chi connectivity index (χ1v) is 6.86. The number of hydrogen-bond acceptors (Lipinski definition) is 3. The second kappa shape index (κ2) is 5.33. The third-order valence-electron chi connectivity index (χ3n) is 3.15. The van der Waals surface area contributed by atoms with Gasteiger partial charge in [0, 0.05) is 17.8 Å². The lowest BCUT2D eigenvalue weighted by Gasteiger charge is -2.26. The molecule has 0 aliphatic carbocycles. The van der Waals surface area contributed by atoms with Crippen molar-refractivity contribution in [1.82, 2.24) is 4.90 Å². The van der Waals surface area contributed by atoms with Crippen molar-refractivity contribution in [3.63, 3.8) is 0 Å². The van der Waals surface area contributed by atoms with E-state index in [0.29, 0.717) is 13.0 Å². The van der Waals surface area contributed by atoms with Gasteiger partial charge in [0.25, 0.3) is 0 Å². The Hall–Kier alpha value is -1.34. The summed E-state index contributed by atoms with van der Waals surface area (Å²) in [6.07, 6.45) is 2.41. The molecule has 1 fully saturated rings. The molecular weight excluding hydrogens is 232 g/mol. The quantitative estimate of drug-likeness (QED) is 0.822. The van der Waals surface area contributed by atoms with E-state index in [1.54, 1.807) is 11.3 Å². The van der Waals surface area contributed by atoms with Crippen molar-refractivity contribution < 1.29 is 4.79 Å². The average Bonchev–Trinajstić information content (AvgIpc) is 2.95. The highest BCUT2D eigenvalue weighted by molar-refractivity contribution is 7.10. The van der Waals surface area contributed by atoms with Crippen molar-refractivity contribution in [3.05, 3.63) is 22.4 Å². The molecule has 17 heavy (non-hydrogen) atoms. The lowest BCUT2D eigenvalue weighted by molar-refractivity contribution is -0.129. The van der Waals surface area contributed by atoms with Crippen LogP contribution in [0, 0.1) is 17.2 Å². The Balaban J connectivity index is 2.17. The molecule has 2 heterocycles. The summed E-state index contributed by atoms with van der Waals surface area (Å²) < 4.78 is 0. The van der Waals surface area contributed by atoms with Gasteiger partial charge in [0.15, 0.2) is 0 Å². The molecule has 90 valence electrons. The first-order chi connectivity index (χ1) is 8.26. The largest absolute Gasteiger partial charge is 0.333 e. The van der Waals surface area contributed by atoms with E-state index in [1.165, 1.54) is 4.88 Å². The summed E-state index contributed by atoms with van der Waals surface area (Å²) in [5, 5.41) is 11.0. The molecule has 0 aromatic carbocycles. The fourth-order valence-electron chi connectivity index (χ4n) is 2.33. The molecule has 0 radical (unpaired) electrons. The molecule has 1 aromatic heterocycles. The maximum Gasteiger partial charge on any atom is 0.224 e. The Morgan fingerprint density at radius 2 is 2.53 bits per heavy atom. The van der Waals surface area contributed by atoms with Gasteiger partial charge in [0.1, 0.15) is 0 Å². The van der Waals surface area contributed by atoms with Crippen molar-refractivity contribution in [2.24, 2.45) is 5.92 Å². The third-order valence-corrected chi connectivity index (χ3v) is 4.12. The minimum absolute atomic E-state index is 0.123. The van der Waals surface area contributed by atoms with Crippen LogP contribution in [0.5, 0.6) is 0 Å². The van der Waals surface area contributed by atoms with Crippen LogP contribution < -0.4 is 0 Å². The van der Waals surface area contributed by atoms with Crippen LogP contribution in [0.2, 0.25) is 0 Å². The van der Waals surface area contributed by atoms with E-state index in [2.05, 4.69) is 19.1 Å². The molecule has 3 nitrogen and oxygen atoms in total. The number of likely N-dealkylation sites (tertiary alicyclic amines) is 1. The van der Waals surface area contributed by atoms with Gasteiger partial charge in [-0.15, -0.1) is 11.3 Å². The zero-order valence-corrected chi connectivity index (χ0v) is 10.7. The van der Waals surface area contributed by atoms with Gasteiger partial charge in [-0.25, -0.2) is 0 Å². The Morgan fingerprint density at radius 3 is 3.06 bits per heavy atom. The van der Waals surface area contributed by atoms with Crippen molar-refractivity contribution >= 4 is 17.2 Å². The fourth-order valence-corrected chi connectivity index (χ4v) is 3.20. The molecule has 0 bridgehead atoms. The number of thiophene rings is 1. The fraction of sp³-hybridized carbons (Fsp3) is 0.538. The molecule has 4 heteroatoms. The molecular formula is C13H16N2OS. The summed E-state index contributed by atoms with van der Waals surface area (Å²) in [6, 6.07) is 6.48. The highest BCUT2D eigenvalue weighted by atomic mass is 32.1. The molecule has 1 amide bonds. The first-order valence-electron chi connectivity index (χ1n) is 5.98. The zero-order valence-electron chi connectivity index (χ0n) is 9.93. The normalized spacial score (nSPS) is 21.5. The lowest BCUT2D eigenvalue weighted by atomic mass is 10.1. The second-order valence-electron chi connectivity index (χ2n) is 4.40. The standard InChI is InChI=1S/C13H16N2OS/c1-2-4-11(12-5-3-6-17-12)15-9-10(8-14)7-13(15)16/h3,5-6,10-11H,2,4,7,9H2,1H3. The van der Waals surface area contributed by atoms with Gasteiger partial charge in [-0.05, 0) is 17.9 Å². The highest BCUT2D eigenvalue weighted by Gasteiger charge is 2.34. The molecule has 2 rings (SSSR count). The minimum atomic E-state index is -0.123. The van der Waals surface area contributed by atoms with Crippen LogP contribution in [-0.4, -0.2) is 17.4 Å². The van der Waals surface area contributed by atoms with E-state index in [0.717, 1.165) is 12.8 Å². The van der Waals surface area contributed by atoms with Crippen molar-refractivity contribution in [2.45, 2.75) is 32.2 Å². The van der Waals surface area contributed by atoms with E-state index >= 15 is 0 Å².